The summed E-state index contributed by atoms with van der Waals surface area (Å²) < 4.78 is 30.4. The molecule has 1 unspecified atom stereocenters. The lowest BCUT2D eigenvalue weighted by Crippen LogP contribution is -2.48. The summed E-state index contributed by atoms with van der Waals surface area (Å²) in [6.45, 7) is 5.84. The Morgan fingerprint density at radius 2 is 1.65 bits per heavy atom. The van der Waals surface area contributed by atoms with Crippen LogP contribution in [0.1, 0.15) is 46.2 Å². The number of aryl methyl sites for hydroxylation is 4. The van der Waals surface area contributed by atoms with E-state index in [0.29, 0.717) is 24.2 Å². The van der Waals surface area contributed by atoms with E-state index >= 15 is 0 Å². The number of Topliss-reactive ketones (excluding diaryl/α,β-unsaturated/α-hetero) is 1. The van der Waals surface area contributed by atoms with Crippen LogP contribution in [0.25, 0.3) is 0 Å². The topological polar surface area (TPSA) is 54.5 Å². The quantitative estimate of drug-likeness (QED) is 0.365. The smallest absolute Gasteiger partial charge is 0.244 e. The van der Waals surface area contributed by atoms with Crippen LogP contribution in [0.4, 0.5) is 0 Å². The first-order valence-electron chi connectivity index (χ1n) is 11.6. The van der Waals surface area contributed by atoms with Crippen molar-refractivity contribution in [2.75, 3.05) is 0 Å². The van der Waals surface area contributed by atoms with Crippen LogP contribution in [0, 0.1) is 20.8 Å². The lowest BCUT2D eigenvalue weighted by Gasteiger charge is -2.36. The predicted octanol–water partition coefficient (Wildman–Crippen LogP) is 6.08. The van der Waals surface area contributed by atoms with Crippen LogP contribution in [-0.2, 0) is 34.2 Å². The van der Waals surface area contributed by atoms with E-state index in [1.165, 1.54) is 4.31 Å². The normalized spacial score (nSPS) is 16.3. The molecule has 178 valence electrons. The monoisotopic (exact) mass is 539 g/mol. The largest absolute Gasteiger partial charge is 0.298 e. The fourth-order valence-corrected chi connectivity index (χ4v) is 7.49. The van der Waals surface area contributed by atoms with Gasteiger partial charge in [-0.25, -0.2) is 8.42 Å². The Kier molecular flexibility index (Phi) is 7.41. The SMILES string of the molecule is Cc1cc(C)c(S(=O)(=O)N2Cc3ccccc3CC2C(=O)CCCc2cccc(Br)c2)c(C)c1. The van der Waals surface area contributed by atoms with Gasteiger partial charge in [0.05, 0.1) is 10.9 Å². The first kappa shape index (κ1) is 24.8. The highest BCUT2D eigenvalue weighted by molar-refractivity contribution is 9.10. The molecule has 0 N–H and O–H groups in total. The maximum absolute atomic E-state index is 14.0. The highest BCUT2D eigenvalue weighted by Crippen LogP contribution is 2.33. The number of carbonyl (C=O) groups is 1. The van der Waals surface area contributed by atoms with Crippen molar-refractivity contribution in [1.82, 2.24) is 4.31 Å². The molecule has 1 heterocycles. The molecule has 6 heteroatoms. The van der Waals surface area contributed by atoms with Crippen LogP contribution in [0.5, 0.6) is 0 Å². The van der Waals surface area contributed by atoms with Crippen molar-refractivity contribution in [2.24, 2.45) is 0 Å². The standard InChI is InChI=1S/C28H30BrNO3S/c1-19-14-20(2)28(21(3)15-19)34(32,33)30-18-24-11-5-4-10-23(24)17-26(30)27(31)13-7-9-22-8-6-12-25(29)16-22/h4-6,8,10-12,14-16,26H,7,9,13,17-18H2,1-3H3. The number of hydrogen-bond donors (Lipinski definition) is 0. The van der Waals surface area contributed by atoms with E-state index in [4.69, 9.17) is 0 Å². The number of rotatable bonds is 7. The summed E-state index contributed by atoms with van der Waals surface area (Å²) in [7, 11) is -3.85. The van der Waals surface area contributed by atoms with Gasteiger partial charge < -0.3 is 0 Å². The summed E-state index contributed by atoms with van der Waals surface area (Å²) in [5.41, 5.74) is 5.64. The molecule has 34 heavy (non-hydrogen) atoms. The number of halogens is 1. The first-order chi connectivity index (χ1) is 16.2. The van der Waals surface area contributed by atoms with E-state index in [1.54, 1.807) is 0 Å². The van der Waals surface area contributed by atoms with E-state index in [9.17, 15) is 13.2 Å². The Hall–Kier alpha value is -2.28. The molecule has 4 rings (SSSR count). The van der Waals surface area contributed by atoms with Crippen LogP contribution in [0.3, 0.4) is 0 Å². The number of hydrogen-bond acceptors (Lipinski definition) is 3. The maximum atomic E-state index is 14.0. The molecule has 3 aromatic carbocycles. The van der Waals surface area contributed by atoms with Crippen molar-refractivity contribution >= 4 is 31.7 Å². The van der Waals surface area contributed by atoms with E-state index in [0.717, 1.165) is 44.3 Å². The second-order valence-electron chi connectivity index (χ2n) is 9.22. The molecule has 1 atom stereocenters. The molecule has 0 spiro atoms. The van der Waals surface area contributed by atoms with Crippen LogP contribution < -0.4 is 0 Å². The zero-order valence-corrected chi connectivity index (χ0v) is 22.2. The number of ketones is 1. The van der Waals surface area contributed by atoms with Gasteiger partial charge >= 0.3 is 0 Å². The third kappa shape index (κ3) is 5.19. The lowest BCUT2D eigenvalue weighted by molar-refractivity contribution is -0.123. The molecule has 0 saturated carbocycles. The number of fused-ring (bicyclic) bond motifs is 1. The van der Waals surface area contributed by atoms with Crippen molar-refractivity contribution in [2.45, 2.75) is 63.9 Å². The Labute approximate surface area is 211 Å². The minimum atomic E-state index is -3.85. The van der Waals surface area contributed by atoms with Crippen molar-refractivity contribution in [3.8, 4) is 0 Å². The van der Waals surface area contributed by atoms with Crippen LogP contribution in [0.15, 0.2) is 70.0 Å². The van der Waals surface area contributed by atoms with Gasteiger partial charge in [-0.05, 0) is 80.0 Å². The fourth-order valence-electron chi connectivity index (χ4n) is 5.04. The molecule has 3 aromatic rings. The second-order valence-corrected chi connectivity index (χ2v) is 12.0. The molecule has 4 nitrogen and oxygen atoms in total. The molecular formula is C28H30BrNO3S. The van der Waals surface area contributed by atoms with Gasteiger partial charge in [0.25, 0.3) is 0 Å². The third-order valence-corrected chi connectivity index (χ3v) is 9.18. The summed E-state index contributed by atoms with van der Waals surface area (Å²) in [6, 6.07) is 19.0. The number of benzene rings is 3. The molecule has 0 aliphatic carbocycles. The fraction of sp³-hybridized carbons (Fsp3) is 0.321. The Balaban J connectivity index is 1.63. The van der Waals surface area contributed by atoms with Crippen molar-refractivity contribution in [3.05, 3.63) is 98.5 Å². The average molecular weight is 541 g/mol. The Morgan fingerprint density at radius 1 is 0.971 bits per heavy atom. The van der Waals surface area contributed by atoms with Crippen LogP contribution in [-0.4, -0.2) is 24.5 Å². The third-order valence-electron chi connectivity index (χ3n) is 6.53. The summed E-state index contributed by atoms with van der Waals surface area (Å²) >= 11 is 3.49. The molecule has 0 bridgehead atoms. The van der Waals surface area contributed by atoms with Gasteiger partial charge in [0.2, 0.25) is 10.0 Å². The molecule has 1 aliphatic heterocycles. The Bertz CT molecular complexity index is 1310. The van der Waals surface area contributed by atoms with Gasteiger partial charge in [0.1, 0.15) is 0 Å². The number of nitrogens with zero attached hydrogens (tertiary/aromatic N) is 1. The molecule has 0 saturated heterocycles. The Morgan fingerprint density at radius 3 is 2.32 bits per heavy atom. The average Bonchev–Trinajstić information content (AvgIpc) is 2.77. The van der Waals surface area contributed by atoms with Crippen molar-refractivity contribution in [1.29, 1.82) is 0 Å². The molecule has 0 aromatic heterocycles. The summed E-state index contributed by atoms with van der Waals surface area (Å²) in [4.78, 5) is 13.8. The summed E-state index contributed by atoms with van der Waals surface area (Å²) in [5, 5.41) is 0. The minimum absolute atomic E-state index is 0.0181. The highest BCUT2D eigenvalue weighted by atomic mass is 79.9. The molecule has 0 fully saturated rings. The van der Waals surface area contributed by atoms with Gasteiger partial charge in [0.15, 0.2) is 5.78 Å². The molecular weight excluding hydrogens is 510 g/mol. The minimum Gasteiger partial charge on any atom is -0.298 e. The number of carbonyl (C=O) groups excluding carboxylic acids is 1. The second kappa shape index (κ2) is 10.1. The van der Waals surface area contributed by atoms with E-state index in [-0.39, 0.29) is 12.3 Å². The molecule has 0 amide bonds. The van der Waals surface area contributed by atoms with E-state index < -0.39 is 16.1 Å². The summed E-state index contributed by atoms with van der Waals surface area (Å²) in [5.74, 6) is -0.0181. The number of sulfonamides is 1. The van der Waals surface area contributed by atoms with Gasteiger partial charge in [-0.2, -0.15) is 4.31 Å². The van der Waals surface area contributed by atoms with Gasteiger partial charge in [-0.3, -0.25) is 4.79 Å². The van der Waals surface area contributed by atoms with E-state index in [2.05, 4.69) is 22.0 Å². The zero-order valence-electron chi connectivity index (χ0n) is 19.8. The van der Waals surface area contributed by atoms with Crippen molar-refractivity contribution < 1.29 is 13.2 Å². The van der Waals surface area contributed by atoms with E-state index in [1.807, 2.05) is 75.4 Å². The van der Waals surface area contributed by atoms with Crippen molar-refractivity contribution in [3.63, 3.8) is 0 Å². The molecule has 1 aliphatic rings. The lowest BCUT2D eigenvalue weighted by atomic mass is 9.92. The maximum Gasteiger partial charge on any atom is 0.244 e. The van der Waals surface area contributed by atoms with Crippen LogP contribution >= 0.6 is 15.9 Å². The highest BCUT2D eigenvalue weighted by Gasteiger charge is 2.40. The van der Waals surface area contributed by atoms with Gasteiger partial charge in [0, 0.05) is 17.4 Å². The first-order valence-corrected chi connectivity index (χ1v) is 13.8. The predicted molar refractivity (Wildman–Crippen MR) is 139 cm³/mol. The zero-order chi connectivity index (χ0) is 24.5. The molecule has 0 radical (unpaired) electrons. The van der Waals surface area contributed by atoms with Gasteiger partial charge in [-0.1, -0.05) is 70.0 Å². The summed E-state index contributed by atoms with van der Waals surface area (Å²) in [6.07, 6.45) is 2.22. The van der Waals surface area contributed by atoms with Crippen LogP contribution in [0.2, 0.25) is 0 Å². The van der Waals surface area contributed by atoms with Gasteiger partial charge in [-0.15, -0.1) is 0 Å².